The summed E-state index contributed by atoms with van der Waals surface area (Å²) >= 11 is 6.43. The zero-order chi connectivity index (χ0) is 13.0. The summed E-state index contributed by atoms with van der Waals surface area (Å²) in [4.78, 5) is 30.1. The van der Waals surface area contributed by atoms with E-state index in [4.69, 9.17) is 12.2 Å². The summed E-state index contributed by atoms with van der Waals surface area (Å²) in [5.74, 6) is 0.520. The maximum atomic E-state index is 10.3. The molecule has 8 nitrogen and oxygen atoms in total. The van der Waals surface area contributed by atoms with E-state index in [2.05, 4.69) is 9.68 Å². The van der Waals surface area contributed by atoms with E-state index in [0.29, 0.717) is 16.2 Å². The van der Waals surface area contributed by atoms with E-state index >= 15 is 0 Å². The number of hydrogen-bond donors (Lipinski definition) is 0. The van der Waals surface area contributed by atoms with Gasteiger partial charge in [0.05, 0.1) is 0 Å². The first-order chi connectivity index (χ1) is 7.91. The predicted molar refractivity (Wildman–Crippen MR) is 62.6 cm³/mol. The van der Waals surface area contributed by atoms with Crippen LogP contribution < -0.4 is 0 Å². The predicted octanol–water partition coefficient (Wildman–Crippen LogP) is 1.16. The van der Waals surface area contributed by atoms with Crippen molar-refractivity contribution >= 4 is 28.8 Å². The van der Waals surface area contributed by atoms with Gasteiger partial charge in [-0.25, -0.2) is 0 Å². The third-order valence-corrected chi connectivity index (χ3v) is 3.60. The normalized spacial score (nSPS) is 16.9. The molecule has 0 spiro atoms. The van der Waals surface area contributed by atoms with Crippen LogP contribution in [-0.2, 0) is 9.68 Å². The highest BCUT2D eigenvalue weighted by Gasteiger charge is 2.29. The van der Waals surface area contributed by atoms with Crippen LogP contribution in [0, 0.1) is 20.2 Å². The van der Waals surface area contributed by atoms with Gasteiger partial charge in [-0.2, -0.15) is 0 Å². The Kier molecular flexibility index (Phi) is 4.63. The molecule has 0 aromatic carbocycles. The summed E-state index contributed by atoms with van der Waals surface area (Å²) in [6.45, 7) is 1.17. The number of rotatable bonds is 6. The van der Waals surface area contributed by atoms with Crippen molar-refractivity contribution in [2.24, 2.45) is 0 Å². The molecule has 0 fully saturated rings. The Morgan fingerprint density at radius 1 is 1.47 bits per heavy atom. The second-order valence-electron chi connectivity index (χ2n) is 3.02. The summed E-state index contributed by atoms with van der Waals surface area (Å²) in [5.41, 5.74) is 0.434. The summed E-state index contributed by atoms with van der Waals surface area (Å²) in [5, 5.41) is 18.3. The Balaban J connectivity index is 2.82. The fraction of sp³-hybridized carbons (Fsp3) is 0.571. The van der Waals surface area contributed by atoms with Crippen molar-refractivity contribution in [3.05, 3.63) is 30.7 Å². The average molecular weight is 280 g/mol. The third-order valence-electron chi connectivity index (χ3n) is 1.97. The molecule has 1 unspecified atom stereocenters. The molecule has 1 rings (SSSR count). The van der Waals surface area contributed by atoms with Gasteiger partial charge in [-0.1, -0.05) is 12.2 Å². The van der Waals surface area contributed by atoms with Gasteiger partial charge in [-0.05, 0) is 11.8 Å². The zero-order valence-corrected chi connectivity index (χ0v) is 10.3. The standard InChI is InChI=1S/C7H8N2O6S2/c1-4-7(6(16)3-17-4)5(15-9(12)13)2-14-8(10)11/h5H,2-3H2,1H3. The van der Waals surface area contributed by atoms with Crippen LogP contribution in [0.3, 0.4) is 0 Å². The van der Waals surface area contributed by atoms with Crippen LogP contribution in [0.15, 0.2) is 10.5 Å². The average Bonchev–Trinajstić information content (AvgIpc) is 2.53. The molecule has 94 valence electrons. The minimum atomic E-state index is -1.15. The molecule has 1 heterocycles. The van der Waals surface area contributed by atoms with Crippen molar-refractivity contribution in [2.45, 2.75) is 13.0 Å². The third kappa shape index (κ3) is 3.82. The van der Waals surface area contributed by atoms with Gasteiger partial charge in [0.1, 0.15) is 6.61 Å². The van der Waals surface area contributed by atoms with Crippen LogP contribution in [0.4, 0.5) is 0 Å². The minimum absolute atomic E-state index is 0.434. The molecule has 0 bridgehead atoms. The quantitative estimate of drug-likeness (QED) is 0.405. The first kappa shape index (κ1) is 13.6. The highest BCUT2D eigenvalue weighted by molar-refractivity contribution is 8.05. The molecule has 1 aliphatic rings. The largest absolute Gasteiger partial charge is 0.311 e. The molecule has 0 radical (unpaired) electrons. The first-order valence-corrected chi connectivity index (χ1v) is 5.76. The maximum Gasteiger partial charge on any atom is 0.295 e. The van der Waals surface area contributed by atoms with Crippen LogP contribution >= 0.6 is 24.0 Å². The molecule has 0 saturated heterocycles. The van der Waals surface area contributed by atoms with Gasteiger partial charge in [0.2, 0.25) is 0 Å². The number of allylic oxidation sites excluding steroid dienone is 1. The topological polar surface area (TPSA) is 105 Å². The molecule has 10 heteroatoms. The van der Waals surface area contributed by atoms with Crippen molar-refractivity contribution in [2.75, 3.05) is 12.4 Å². The van der Waals surface area contributed by atoms with Gasteiger partial charge in [0, 0.05) is 16.2 Å². The number of thioether (sulfide) groups is 1. The summed E-state index contributed by atoms with van der Waals surface area (Å²) in [6, 6.07) is 0. The van der Waals surface area contributed by atoms with E-state index in [-0.39, 0.29) is 0 Å². The fourth-order valence-corrected chi connectivity index (χ4v) is 2.77. The van der Waals surface area contributed by atoms with Gasteiger partial charge in [0.25, 0.3) is 10.2 Å². The lowest BCUT2D eigenvalue weighted by atomic mass is 10.1. The molecular formula is C7H8N2O6S2. The van der Waals surface area contributed by atoms with Crippen LogP contribution in [0.1, 0.15) is 6.92 Å². The van der Waals surface area contributed by atoms with Crippen molar-refractivity contribution < 1.29 is 19.8 Å². The lowest BCUT2D eigenvalue weighted by Gasteiger charge is -2.15. The van der Waals surface area contributed by atoms with Gasteiger partial charge in [-0.15, -0.1) is 32.0 Å². The van der Waals surface area contributed by atoms with Crippen molar-refractivity contribution in [1.82, 2.24) is 0 Å². The molecule has 0 aromatic heterocycles. The SMILES string of the molecule is CC1=C(C(CO[N+](=O)[O-])O[N+](=O)[O-])C(=S)CS1. The molecule has 0 aromatic rings. The van der Waals surface area contributed by atoms with Gasteiger partial charge in [0.15, 0.2) is 6.10 Å². The number of thiocarbonyl (C=S) groups is 1. The van der Waals surface area contributed by atoms with E-state index in [9.17, 15) is 20.2 Å². The summed E-state index contributed by atoms with van der Waals surface area (Å²) < 4.78 is 0. The smallest absolute Gasteiger partial charge is 0.295 e. The zero-order valence-electron chi connectivity index (χ0n) is 8.65. The van der Waals surface area contributed by atoms with Gasteiger partial charge < -0.3 is 9.68 Å². The second-order valence-corrected chi connectivity index (χ2v) is 4.70. The highest BCUT2D eigenvalue weighted by Crippen LogP contribution is 2.32. The summed E-state index contributed by atoms with van der Waals surface area (Å²) in [6.07, 6.45) is -1.15. The molecule has 0 amide bonds. The molecular weight excluding hydrogens is 272 g/mol. The fourth-order valence-electron chi connectivity index (χ4n) is 1.33. The number of nitrogens with zero attached hydrogens (tertiary/aromatic N) is 2. The van der Waals surface area contributed by atoms with E-state index in [0.717, 1.165) is 4.91 Å². The van der Waals surface area contributed by atoms with E-state index in [1.54, 1.807) is 6.92 Å². The molecule has 17 heavy (non-hydrogen) atoms. The Labute approximate surface area is 105 Å². The Morgan fingerprint density at radius 2 is 2.12 bits per heavy atom. The van der Waals surface area contributed by atoms with Crippen LogP contribution in [0.5, 0.6) is 0 Å². The van der Waals surface area contributed by atoms with Crippen LogP contribution in [0.2, 0.25) is 0 Å². The second kappa shape index (κ2) is 5.77. The van der Waals surface area contributed by atoms with E-state index in [1.807, 2.05) is 0 Å². The van der Waals surface area contributed by atoms with Crippen LogP contribution in [0.25, 0.3) is 0 Å². The lowest BCUT2D eigenvalue weighted by Crippen LogP contribution is -2.29. The summed E-state index contributed by atoms with van der Waals surface area (Å²) in [7, 11) is 0. The lowest BCUT2D eigenvalue weighted by molar-refractivity contribution is -0.787. The maximum absolute atomic E-state index is 10.3. The Bertz CT molecular complexity index is 396. The minimum Gasteiger partial charge on any atom is -0.311 e. The molecule has 0 saturated carbocycles. The Morgan fingerprint density at radius 3 is 2.53 bits per heavy atom. The van der Waals surface area contributed by atoms with Gasteiger partial charge >= 0.3 is 0 Å². The highest BCUT2D eigenvalue weighted by atomic mass is 32.2. The molecule has 0 N–H and O–H groups in total. The van der Waals surface area contributed by atoms with E-state index < -0.39 is 22.9 Å². The molecule has 1 atom stereocenters. The van der Waals surface area contributed by atoms with Crippen molar-refractivity contribution in [3.8, 4) is 0 Å². The van der Waals surface area contributed by atoms with E-state index in [1.165, 1.54) is 11.8 Å². The number of hydrogen-bond acceptors (Lipinski definition) is 8. The van der Waals surface area contributed by atoms with Gasteiger partial charge in [-0.3, -0.25) is 0 Å². The Hall–Kier alpha value is -1.42. The monoisotopic (exact) mass is 280 g/mol. The van der Waals surface area contributed by atoms with Crippen molar-refractivity contribution in [3.63, 3.8) is 0 Å². The van der Waals surface area contributed by atoms with Crippen LogP contribution in [-0.4, -0.2) is 33.5 Å². The molecule has 1 aliphatic heterocycles. The van der Waals surface area contributed by atoms with Crippen molar-refractivity contribution in [1.29, 1.82) is 0 Å². The molecule has 0 aliphatic carbocycles. The first-order valence-electron chi connectivity index (χ1n) is 4.37.